The zero-order valence-electron chi connectivity index (χ0n) is 23.8. The van der Waals surface area contributed by atoms with E-state index in [-0.39, 0.29) is 24.8 Å². The lowest BCUT2D eigenvalue weighted by molar-refractivity contribution is 0.276. The molecule has 0 rings (SSSR count). The van der Waals surface area contributed by atoms with Crippen LogP contribution in [-0.2, 0) is 0 Å². The smallest absolute Gasteiger partial charge is 0.402 e. The number of hydrogen-bond donors (Lipinski definition) is 36. The van der Waals surface area contributed by atoms with Gasteiger partial charge < -0.3 is 181 Å². The van der Waals surface area contributed by atoms with Gasteiger partial charge in [-0.2, -0.15) is 0 Å². The molecule has 36 nitrogen and oxygen atoms in total. The standard InChI is InChI=1S/12BH3O3.2ClH/c12*2-1(3)4;;/h12*2-4H;2*1H. The summed E-state index contributed by atoms with van der Waals surface area (Å²) in [5.41, 5.74) is 0. The van der Waals surface area contributed by atoms with Crippen molar-refractivity contribution in [3.63, 3.8) is 0 Å². The molecular formula is H38B12Cl2O36. The summed E-state index contributed by atoms with van der Waals surface area (Å²) >= 11 is 0. The van der Waals surface area contributed by atoms with Gasteiger partial charge in [-0.25, -0.2) is 0 Å². The quantitative estimate of drug-likeness (QED) is 0.101. The second kappa shape index (κ2) is 87.1. The maximum atomic E-state index is 7.17. The first-order valence-electron chi connectivity index (χ1n) is 9.30. The van der Waals surface area contributed by atoms with Crippen molar-refractivity contribution in [1.29, 1.82) is 0 Å². The molecule has 0 aliphatic rings. The summed E-state index contributed by atoms with van der Waals surface area (Å²) in [6.07, 6.45) is 0. The fraction of sp³-hybridized carbons (Fsp3) is 0. The molecule has 0 radical (unpaired) electrons. The predicted octanol–water partition coefficient (Wildman–Crippen LogP) is -23.8. The van der Waals surface area contributed by atoms with E-state index in [9.17, 15) is 0 Å². The summed E-state index contributed by atoms with van der Waals surface area (Å²) in [4.78, 5) is 0. The molecule has 0 fully saturated rings. The molecule has 0 saturated heterocycles. The van der Waals surface area contributed by atoms with Gasteiger partial charge in [-0.3, -0.25) is 0 Å². The molecule has 0 amide bonds. The van der Waals surface area contributed by atoms with Gasteiger partial charge in [-0.05, 0) is 0 Å². The highest BCUT2D eigenvalue weighted by Gasteiger charge is 1.96. The molecule has 0 aromatic carbocycles. The molecule has 50 heteroatoms. The van der Waals surface area contributed by atoms with Crippen LogP contribution in [0.25, 0.3) is 0 Å². The number of halogens is 2. The zero-order valence-corrected chi connectivity index (χ0v) is 25.5. The maximum Gasteiger partial charge on any atom is 0.631 e. The SMILES string of the molecule is Cl.Cl.OB(O)O.OB(O)O.OB(O)O.OB(O)O.OB(O)O.OB(O)O.OB(O)O.OB(O)O.OB(O)O.OB(O)O.OB(O)O.OB(O)O. The van der Waals surface area contributed by atoms with Gasteiger partial charge in [0, 0.05) is 0 Å². The van der Waals surface area contributed by atoms with Gasteiger partial charge in [-0.1, -0.05) is 0 Å². The lowest BCUT2D eigenvalue weighted by atomic mass is 10.3. The summed E-state index contributed by atoms with van der Waals surface area (Å²) in [5, 5.41) is 258. The van der Waals surface area contributed by atoms with E-state index in [0.717, 1.165) is 0 Å². The van der Waals surface area contributed by atoms with Crippen LogP contribution in [-0.4, -0.2) is 269 Å². The van der Waals surface area contributed by atoms with Gasteiger partial charge in [0.05, 0.1) is 0 Å². The Morgan fingerprint density at radius 3 is 0.100 bits per heavy atom. The molecule has 0 spiro atoms. The number of rotatable bonds is 0. The molecule has 0 aromatic rings. The topological polar surface area (TPSA) is 728 Å². The molecule has 0 aromatic heterocycles. The van der Waals surface area contributed by atoms with Crippen LogP contribution >= 0.6 is 24.8 Å². The van der Waals surface area contributed by atoms with E-state index in [0.29, 0.717) is 0 Å². The summed E-state index contributed by atoms with van der Waals surface area (Å²) in [7, 11) is -26.0. The van der Waals surface area contributed by atoms with Crippen molar-refractivity contribution in [2.45, 2.75) is 0 Å². The Bertz CT molecular complexity index is 237. The highest BCUT2D eigenvalue weighted by atomic mass is 35.5. The Labute approximate surface area is 293 Å². The summed E-state index contributed by atoms with van der Waals surface area (Å²) in [5.74, 6) is 0. The molecule has 36 N–H and O–H groups in total. The minimum Gasteiger partial charge on any atom is -0.402 e. The first kappa shape index (κ1) is 92.6. The highest BCUT2D eigenvalue weighted by Crippen LogP contribution is 1.44. The second-order valence-corrected chi connectivity index (χ2v) is 4.16. The van der Waals surface area contributed by atoms with Gasteiger partial charge in [0.25, 0.3) is 0 Å². The average molecular weight is 815 g/mol. The minimum atomic E-state index is -2.17. The predicted molar refractivity (Wildman–Crippen MR) is 163 cm³/mol. The normalized spacial score (nSPS) is 6.48. The van der Waals surface area contributed by atoms with Crippen LogP contribution in [0.1, 0.15) is 0 Å². The largest absolute Gasteiger partial charge is 0.631 e. The first-order valence-corrected chi connectivity index (χ1v) is 9.30. The minimum absolute atomic E-state index is 0. The van der Waals surface area contributed by atoms with Crippen molar-refractivity contribution < 1.29 is 181 Å². The first-order chi connectivity index (χ1) is 20.8. The third-order valence-corrected chi connectivity index (χ3v) is 0. The van der Waals surface area contributed by atoms with Crippen molar-refractivity contribution in [1.82, 2.24) is 0 Å². The van der Waals surface area contributed by atoms with E-state index in [1.54, 1.807) is 0 Å². The van der Waals surface area contributed by atoms with Crippen molar-refractivity contribution in [2.24, 2.45) is 0 Å². The third kappa shape index (κ3) is 16200000. The van der Waals surface area contributed by atoms with Crippen molar-refractivity contribution in [2.75, 3.05) is 0 Å². The Morgan fingerprint density at radius 1 is 0.100 bits per heavy atom. The van der Waals surface area contributed by atoms with Crippen LogP contribution in [0, 0.1) is 0 Å². The molecule has 0 bridgehead atoms. The van der Waals surface area contributed by atoms with Gasteiger partial charge in [-0.15, -0.1) is 24.8 Å². The molecule has 304 valence electrons. The molecule has 0 aliphatic carbocycles. The molecule has 50 heavy (non-hydrogen) atoms. The Hall–Kier alpha value is -0.0808. The summed E-state index contributed by atoms with van der Waals surface area (Å²) in [6, 6.07) is 0. The summed E-state index contributed by atoms with van der Waals surface area (Å²) < 4.78 is 0. The molecule has 0 atom stereocenters. The van der Waals surface area contributed by atoms with Crippen LogP contribution in [0.15, 0.2) is 0 Å². The Morgan fingerprint density at radius 2 is 0.100 bits per heavy atom. The molecule has 0 unspecified atom stereocenters. The van der Waals surface area contributed by atoms with Crippen LogP contribution in [0.5, 0.6) is 0 Å². The van der Waals surface area contributed by atoms with Gasteiger partial charge in [0.1, 0.15) is 0 Å². The molecule has 0 saturated carbocycles. The fourth-order valence-corrected chi connectivity index (χ4v) is 0. The monoisotopic (exact) mass is 816 g/mol. The van der Waals surface area contributed by atoms with Gasteiger partial charge in [0.2, 0.25) is 0 Å². The van der Waals surface area contributed by atoms with E-state index in [4.69, 9.17) is 181 Å². The highest BCUT2D eigenvalue weighted by molar-refractivity contribution is 6.33. The Kier molecular flexibility index (Phi) is 161. The average Bonchev–Trinajstić information content (AvgIpc) is 2.61. The van der Waals surface area contributed by atoms with Crippen LogP contribution in [0.4, 0.5) is 0 Å². The van der Waals surface area contributed by atoms with E-state index in [1.807, 2.05) is 0 Å². The Balaban J connectivity index is -0.0000000235. The van der Waals surface area contributed by atoms with E-state index >= 15 is 0 Å². The van der Waals surface area contributed by atoms with E-state index in [1.165, 1.54) is 0 Å². The molecule has 0 aliphatic heterocycles. The molecule has 0 heterocycles. The third-order valence-electron chi connectivity index (χ3n) is 0. The lowest BCUT2D eigenvalue weighted by Gasteiger charge is -1.69. The van der Waals surface area contributed by atoms with E-state index < -0.39 is 87.9 Å². The van der Waals surface area contributed by atoms with E-state index in [2.05, 4.69) is 0 Å². The lowest BCUT2D eigenvalue weighted by Crippen LogP contribution is -2.07. The molecular weight excluding hydrogens is 777 g/mol. The van der Waals surface area contributed by atoms with Crippen molar-refractivity contribution in [3.8, 4) is 0 Å². The second-order valence-electron chi connectivity index (χ2n) is 4.16. The van der Waals surface area contributed by atoms with Gasteiger partial charge in [0.15, 0.2) is 0 Å². The van der Waals surface area contributed by atoms with Crippen LogP contribution < -0.4 is 0 Å². The maximum absolute atomic E-state index is 7.17. The summed E-state index contributed by atoms with van der Waals surface area (Å²) in [6.45, 7) is 0. The zero-order chi connectivity index (χ0) is 42.9. The van der Waals surface area contributed by atoms with Crippen molar-refractivity contribution in [3.05, 3.63) is 0 Å². The van der Waals surface area contributed by atoms with Crippen LogP contribution in [0.3, 0.4) is 0 Å². The number of hydrogen-bond acceptors (Lipinski definition) is 36. The van der Waals surface area contributed by atoms with Crippen molar-refractivity contribution >= 4 is 113 Å². The van der Waals surface area contributed by atoms with Crippen LogP contribution in [0.2, 0.25) is 0 Å². The fourth-order valence-electron chi connectivity index (χ4n) is 0. The van der Waals surface area contributed by atoms with Gasteiger partial charge >= 0.3 is 87.9 Å².